The van der Waals surface area contributed by atoms with Crippen molar-refractivity contribution in [2.75, 3.05) is 34.0 Å². The fourth-order valence-electron chi connectivity index (χ4n) is 8.54. The van der Waals surface area contributed by atoms with Crippen LogP contribution in [-0.4, -0.2) is 198 Å². The van der Waals surface area contributed by atoms with Gasteiger partial charge in [-0.1, -0.05) is 18.2 Å². The fourth-order valence-corrected chi connectivity index (χ4v) is 8.54. The van der Waals surface area contributed by atoms with Crippen LogP contribution in [0.15, 0.2) is 84.6 Å². The predicted molar refractivity (Wildman–Crippen MR) is 260 cm³/mol. The third kappa shape index (κ3) is 12.6. The number of rotatable bonds is 17. The van der Waals surface area contributed by atoms with Crippen molar-refractivity contribution in [2.24, 2.45) is 0 Å². The lowest BCUT2D eigenvalue weighted by atomic mass is 9.97. The molecule has 0 saturated carbocycles. The van der Waals surface area contributed by atoms with Crippen LogP contribution in [0, 0.1) is 0 Å². The van der Waals surface area contributed by atoms with E-state index in [9.17, 15) is 76.0 Å². The van der Waals surface area contributed by atoms with Gasteiger partial charge in [-0.15, -0.1) is 0 Å². The van der Waals surface area contributed by atoms with Gasteiger partial charge >= 0.3 is 11.9 Å². The molecule has 8 rings (SSSR count). The van der Waals surface area contributed by atoms with Crippen LogP contribution in [0.5, 0.6) is 51.7 Å². The van der Waals surface area contributed by atoms with Gasteiger partial charge in [0.15, 0.2) is 47.6 Å². The number of esters is 2. The van der Waals surface area contributed by atoms with Crippen LogP contribution in [0.2, 0.25) is 0 Å². The van der Waals surface area contributed by atoms with E-state index in [4.69, 9.17) is 52.1 Å². The molecule has 420 valence electrons. The highest BCUT2D eigenvalue weighted by Crippen LogP contribution is 2.47. The number of carbonyl (C=O) groups is 2. The molecule has 0 amide bonds. The molecule has 4 aliphatic heterocycles. The molecule has 1 unspecified atom stereocenters. The van der Waals surface area contributed by atoms with Crippen molar-refractivity contribution in [3.63, 3.8) is 0 Å². The van der Waals surface area contributed by atoms with Crippen molar-refractivity contribution in [1.29, 1.82) is 0 Å². The molecular weight excluding hydrogens is 1040 g/mol. The predicted octanol–water partition coefficient (Wildman–Crippen LogP) is -0.307. The Labute approximate surface area is 442 Å². The summed E-state index contributed by atoms with van der Waals surface area (Å²) in [4.78, 5) is 26.4. The smallest absolute Gasteiger partial charge is 0.331 e. The van der Waals surface area contributed by atoms with E-state index in [0.717, 1.165) is 36.4 Å². The first-order valence-electron chi connectivity index (χ1n) is 23.8. The standard InChI is InChI=1S/C52H56O26/c1-68-33-13-23(14-34(69-2)41(33)62)6-12-39(60)77-48-40(61)30(58)20-71-51(48)78-49-45(66)43(64)37(21-70-38(59)11-5-22-3-8-25(54)9-4-22)76-52(49)74-35-18-27-31(72-47(35)24-7-10-28(56)29(57)15-24)16-26(55)17-32(27)73-50-46(67)44(65)42(63)36(19-53)75-50/h3-18,30,36-37,40,42-58,61-67H,19-21H2,1-2H3/b11-5+,12-6+/t30-,36+,37+,40-,42+,43+,44+,45-,46-,47?,48-,49-,50+,51-,52+/m0/s1. The van der Waals surface area contributed by atoms with E-state index in [1.54, 1.807) is 0 Å². The van der Waals surface area contributed by atoms with Crippen LogP contribution in [0.25, 0.3) is 18.2 Å². The first kappa shape index (κ1) is 56.8. The molecule has 4 aromatic carbocycles. The summed E-state index contributed by atoms with van der Waals surface area (Å²) in [5.41, 5.74) is 0.752. The van der Waals surface area contributed by atoms with Gasteiger partial charge in [0.1, 0.15) is 90.3 Å². The highest BCUT2D eigenvalue weighted by atomic mass is 16.8. The zero-order valence-electron chi connectivity index (χ0n) is 41.1. The number of hydrogen-bond acceptors (Lipinski definition) is 26. The minimum atomic E-state index is -2.11. The molecular formula is C52H56O26. The highest BCUT2D eigenvalue weighted by Gasteiger charge is 2.52. The number of aromatic hydroxyl groups is 5. The van der Waals surface area contributed by atoms with Crippen molar-refractivity contribution in [3.8, 4) is 51.7 Å². The Bertz CT molecular complexity index is 2830. The Morgan fingerprint density at radius 2 is 1.29 bits per heavy atom. The number of phenols is 5. The number of phenolic OH excluding ortho intramolecular Hbond substituents is 5. The van der Waals surface area contributed by atoms with Gasteiger partial charge in [0.25, 0.3) is 0 Å². The van der Waals surface area contributed by atoms with Gasteiger partial charge < -0.3 is 118 Å². The maximum atomic E-state index is 13.4. The number of benzene rings is 4. The molecule has 0 aliphatic carbocycles. The highest BCUT2D eigenvalue weighted by molar-refractivity contribution is 5.88. The first-order valence-corrected chi connectivity index (χ1v) is 23.8. The number of aliphatic hydroxyl groups is 8. The largest absolute Gasteiger partial charge is 0.508 e. The molecule has 4 aliphatic rings. The normalized spacial score (nSPS) is 29.9. The summed E-state index contributed by atoms with van der Waals surface area (Å²) in [5, 5.41) is 139. The zero-order valence-corrected chi connectivity index (χ0v) is 41.1. The summed E-state index contributed by atoms with van der Waals surface area (Å²) in [6, 6.07) is 14.2. The maximum absolute atomic E-state index is 13.4. The second-order valence-corrected chi connectivity index (χ2v) is 18.0. The minimum absolute atomic E-state index is 0.00132. The Morgan fingerprint density at radius 1 is 0.628 bits per heavy atom. The quantitative estimate of drug-likeness (QED) is 0.0366. The second kappa shape index (κ2) is 24.5. The average Bonchev–Trinajstić information content (AvgIpc) is 3.44. The third-order valence-electron chi connectivity index (χ3n) is 12.8. The van der Waals surface area contributed by atoms with E-state index in [1.807, 2.05) is 0 Å². The lowest BCUT2D eigenvalue weighted by Gasteiger charge is -2.45. The van der Waals surface area contributed by atoms with Gasteiger partial charge in [-0.2, -0.15) is 0 Å². The van der Waals surface area contributed by atoms with Crippen LogP contribution in [0.3, 0.4) is 0 Å². The fraction of sp³-hybridized carbons (Fsp3) is 0.385. The molecule has 0 radical (unpaired) electrons. The zero-order chi connectivity index (χ0) is 56.1. The lowest BCUT2D eigenvalue weighted by molar-refractivity contribution is -0.353. The van der Waals surface area contributed by atoms with E-state index in [-0.39, 0.29) is 56.9 Å². The van der Waals surface area contributed by atoms with Crippen LogP contribution in [0.1, 0.15) is 28.4 Å². The number of aliphatic hydroxyl groups excluding tert-OH is 8. The summed E-state index contributed by atoms with van der Waals surface area (Å²) in [6.07, 6.45) is -21.6. The van der Waals surface area contributed by atoms with Gasteiger partial charge in [0, 0.05) is 29.8 Å². The Morgan fingerprint density at radius 3 is 1.97 bits per heavy atom. The van der Waals surface area contributed by atoms with Crippen LogP contribution < -0.4 is 18.9 Å². The van der Waals surface area contributed by atoms with Crippen LogP contribution in [-0.2, 0) is 42.7 Å². The van der Waals surface area contributed by atoms with Gasteiger partial charge in [0.2, 0.25) is 18.3 Å². The summed E-state index contributed by atoms with van der Waals surface area (Å²) in [6.45, 7) is -2.21. The van der Waals surface area contributed by atoms with E-state index in [0.29, 0.717) is 5.56 Å². The van der Waals surface area contributed by atoms with E-state index < -0.39 is 141 Å². The van der Waals surface area contributed by atoms with Gasteiger partial charge in [0.05, 0.1) is 33.0 Å². The van der Waals surface area contributed by atoms with E-state index in [1.165, 1.54) is 74.9 Å². The number of methoxy groups -OCH3 is 2. The molecule has 0 spiro atoms. The average molecular weight is 1100 g/mol. The van der Waals surface area contributed by atoms with Crippen molar-refractivity contribution < 1.29 is 128 Å². The topological polar surface area (TPSA) is 399 Å². The van der Waals surface area contributed by atoms with Gasteiger partial charge in [-0.3, -0.25) is 0 Å². The number of fused-ring (bicyclic) bond motifs is 1. The number of ether oxygens (including phenoxy) is 11. The van der Waals surface area contributed by atoms with Crippen molar-refractivity contribution >= 4 is 30.2 Å². The molecule has 3 fully saturated rings. The Hall–Kier alpha value is -7.44. The lowest BCUT2D eigenvalue weighted by Crippen LogP contribution is -2.63. The third-order valence-corrected chi connectivity index (χ3v) is 12.8. The monoisotopic (exact) mass is 1100 g/mol. The molecule has 4 aromatic rings. The molecule has 15 atom stereocenters. The second-order valence-electron chi connectivity index (χ2n) is 18.0. The first-order chi connectivity index (χ1) is 37.3. The molecule has 4 heterocycles. The van der Waals surface area contributed by atoms with Crippen LogP contribution >= 0.6 is 0 Å². The van der Waals surface area contributed by atoms with Gasteiger partial charge in [-0.05, 0) is 65.8 Å². The van der Waals surface area contributed by atoms with Gasteiger partial charge in [-0.25, -0.2) is 9.59 Å². The molecule has 26 nitrogen and oxygen atoms in total. The number of carbonyl (C=O) groups excluding carboxylic acids is 2. The summed E-state index contributed by atoms with van der Waals surface area (Å²) >= 11 is 0. The molecule has 78 heavy (non-hydrogen) atoms. The molecule has 0 bridgehead atoms. The Kier molecular flexibility index (Phi) is 17.8. The van der Waals surface area contributed by atoms with Crippen LogP contribution in [0.4, 0.5) is 0 Å². The summed E-state index contributed by atoms with van der Waals surface area (Å²) < 4.78 is 63.6. The SMILES string of the molecule is COc1cc(/C=C/C(=O)O[C@@H]2[C@H](O[C@@H]3[C@H](OC4=Cc5c(cc(O)cc5O[C@@H]5O[C@H](CO)[C@@H](O)[C@@H](O)[C@@H]5O)OC4c4ccc(O)c(O)c4)O[C@H](COC(=O)/C=C/c4ccc(O)cc4)[C@@H](O)[C@@H]3O)OC[C@H](O)[C@@H]2O)cc(OC)c1O. The minimum Gasteiger partial charge on any atom is -0.508 e. The summed E-state index contributed by atoms with van der Waals surface area (Å²) in [7, 11) is 2.58. The number of hydrogen-bond donors (Lipinski definition) is 13. The molecule has 0 aromatic heterocycles. The molecule has 26 heteroatoms. The van der Waals surface area contributed by atoms with E-state index >= 15 is 0 Å². The molecule has 3 saturated heterocycles. The Balaban J connectivity index is 1.14. The summed E-state index contributed by atoms with van der Waals surface area (Å²) in [5.74, 6) is -4.91. The van der Waals surface area contributed by atoms with Crippen molar-refractivity contribution in [1.82, 2.24) is 0 Å². The molecule has 13 N–H and O–H groups in total. The van der Waals surface area contributed by atoms with Crippen molar-refractivity contribution in [3.05, 3.63) is 107 Å². The maximum Gasteiger partial charge on any atom is 0.331 e. The van der Waals surface area contributed by atoms with Crippen molar-refractivity contribution in [2.45, 2.75) is 92.1 Å². The van der Waals surface area contributed by atoms with E-state index in [2.05, 4.69) is 0 Å².